The summed E-state index contributed by atoms with van der Waals surface area (Å²) in [5.74, 6) is 3.88. The third-order valence-electron chi connectivity index (χ3n) is 7.52. The first-order valence-electron chi connectivity index (χ1n) is 12.4. The Bertz CT molecular complexity index is 982. The minimum atomic E-state index is -3.85. The molecule has 4 bridgehead atoms. The number of ether oxygens (including phenoxy) is 3. The van der Waals surface area contributed by atoms with Crippen molar-refractivity contribution in [1.82, 2.24) is 5.09 Å². The molecular formula is C26H32NO6P. The van der Waals surface area contributed by atoms with E-state index in [1.165, 1.54) is 19.3 Å². The molecule has 0 saturated heterocycles. The summed E-state index contributed by atoms with van der Waals surface area (Å²) >= 11 is 0. The van der Waals surface area contributed by atoms with Crippen LogP contribution in [0.1, 0.15) is 38.5 Å². The van der Waals surface area contributed by atoms with Crippen LogP contribution in [0.3, 0.4) is 0 Å². The van der Waals surface area contributed by atoms with Gasteiger partial charge in [0.1, 0.15) is 13.2 Å². The molecule has 34 heavy (non-hydrogen) atoms. The molecule has 7 nitrogen and oxygen atoms in total. The van der Waals surface area contributed by atoms with Crippen LogP contribution < -0.4 is 23.6 Å². The highest BCUT2D eigenvalue weighted by molar-refractivity contribution is 7.52. The van der Waals surface area contributed by atoms with Gasteiger partial charge in [0.2, 0.25) is 0 Å². The van der Waals surface area contributed by atoms with Crippen molar-refractivity contribution in [3.8, 4) is 23.0 Å². The van der Waals surface area contributed by atoms with Crippen molar-refractivity contribution in [2.45, 2.75) is 44.1 Å². The second-order valence-corrected chi connectivity index (χ2v) is 11.8. The van der Waals surface area contributed by atoms with E-state index in [1.54, 1.807) is 12.1 Å². The highest BCUT2D eigenvalue weighted by Crippen LogP contribution is 2.60. The lowest BCUT2D eigenvalue weighted by Gasteiger charge is -2.57. The molecule has 182 valence electrons. The topological polar surface area (TPSA) is 75.3 Å². The van der Waals surface area contributed by atoms with Crippen molar-refractivity contribution in [3.05, 3.63) is 48.5 Å². The lowest BCUT2D eigenvalue weighted by atomic mass is 9.53. The minimum Gasteiger partial charge on any atom is -0.487 e. The molecule has 0 spiro atoms. The zero-order valence-corrected chi connectivity index (χ0v) is 20.2. The molecule has 4 saturated carbocycles. The first-order valence-corrected chi connectivity index (χ1v) is 13.9. The fourth-order valence-electron chi connectivity index (χ4n) is 6.67. The van der Waals surface area contributed by atoms with E-state index in [2.05, 4.69) is 5.09 Å². The Morgan fingerprint density at radius 3 is 1.59 bits per heavy atom. The summed E-state index contributed by atoms with van der Waals surface area (Å²) in [6, 6.07) is 14.6. The second kappa shape index (κ2) is 9.10. The Morgan fingerprint density at radius 2 is 1.12 bits per heavy atom. The van der Waals surface area contributed by atoms with Gasteiger partial charge < -0.3 is 23.3 Å². The maximum Gasteiger partial charge on any atom is 0.513 e. The molecular weight excluding hydrogens is 453 g/mol. The van der Waals surface area contributed by atoms with Crippen molar-refractivity contribution < 1.29 is 27.8 Å². The van der Waals surface area contributed by atoms with Crippen LogP contribution in [0.5, 0.6) is 23.0 Å². The highest BCUT2D eigenvalue weighted by Gasteiger charge is 2.54. The van der Waals surface area contributed by atoms with Crippen LogP contribution in [-0.4, -0.2) is 32.0 Å². The van der Waals surface area contributed by atoms with Gasteiger partial charge in [-0.1, -0.05) is 24.3 Å². The van der Waals surface area contributed by atoms with Gasteiger partial charge in [-0.3, -0.25) is 0 Å². The van der Waals surface area contributed by atoms with Gasteiger partial charge in [0.15, 0.2) is 23.0 Å². The number of hydrogen-bond donors (Lipinski definition) is 1. The van der Waals surface area contributed by atoms with Crippen LogP contribution in [0.15, 0.2) is 48.5 Å². The molecule has 2 aromatic carbocycles. The standard InChI is InChI=1S/C26H32NO6P/c28-34(27-26-16-19-13-20(17-26)15-21(14-19)18-26)32-24-7-3-1-5-22(24)30-11-9-29-10-12-31-23-6-2-4-8-25(23)33-34/h1-8,19-21H,9-18H2,(H,27,28). The smallest absolute Gasteiger partial charge is 0.487 e. The number of para-hydroxylation sites is 4. The zero-order chi connectivity index (χ0) is 23.0. The van der Waals surface area contributed by atoms with E-state index >= 15 is 0 Å². The maximum atomic E-state index is 14.5. The molecule has 0 atom stereocenters. The molecule has 7 rings (SSSR count). The summed E-state index contributed by atoms with van der Waals surface area (Å²) in [5, 5.41) is 3.48. The monoisotopic (exact) mass is 485 g/mol. The number of benzene rings is 2. The molecule has 1 heterocycles. The average Bonchev–Trinajstić information content (AvgIpc) is 2.78. The van der Waals surface area contributed by atoms with Crippen LogP contribution in [0.25, 0.3) is 0 Å². The predicted molar refractivity (Wildman–Crippen MR) is 128 cm³/mol. The molecule has 5 aliphatic rings. The lowest BCUT2D eigenvalue weighted by Crippen LogP contribution is -2.57. The van der Waals surface area contributed by atoms with Gasteiger partial charge in [0.25, 0.3) is 0 Å². The largest absolute Gasteiger partial charge is 0.513 e. The number of fused-ring (bicyclic) bond motifs is 2. The molecule has 0 amide bonds. The normalized spacial score (nSPS) is 32.1. The number of hydrogen-bond acceptors (Lipinski definition) is 6. The number of nitrogens with one attached hydrogen (secondary N) is 1. The molecule has 1 N–H and O–H groups in total. The highest BCUT2D eigenvalue weighted by atomic mass is 31.2. The first kappa shape index (κ1) is 22.3. The summed E-state index contributed by atoms with van der Waals surface area (Å²) in [6.45, 7) is 1.53. The van der Waals surface area contributed by atoms with Crippen LogP contribution in [0.2, 0.25) is 0 Å². The van der Waals surface area contributed by atoms with E-state index in [9.17, 15) is 4.57 Å². The Balaban J connectivity index is 1.36. The van der Waals surface area contributed by atoms with Crippen LogP contribution in [0, 0.1) is 17.8 Å². The van der Waals surface area contributed by atoms with Crippen molar-refractivity contribution in [1.29, 1.82) is 0 Å². The van der Waals surface area contributed by atoms with E-state index < -0.39 is 7.75 Å². The van der Waals surface area contributed by atoms with Gasteiger partial charge >= 0.3 is 7.75 Å². The van der Waals surface area contributed by atoms with Gasteiger partial charge in [0, 0.05) is 5.54 Å². The number of rotatable bonds is 2. The fraction of sp³-hybridized carbons (Fsp3) is 0.538. The molecule has 0 unspecified atom stereocenters. The summed E-state index contributed by atoms with van der Waals surface area (Å²) < 4.78 is 44.4. The molecule has 0 radical (unpaired) electrons. The minimum absolute atomic E-state index is 0.227. The van der Waals surface area contributed by atoms with Gasteiger partial charge in [-0.25, -0.2) is 4.57 Å². The van der Waals surface area contributed by atoms with Gasteiger partial charge in [0.05, 0.1) is 13.2 Å². The molecule has 4 fully saturated rings. The van der Waals surface area contributed by atoms with Crippen LogP contribution >= 0.6 is 7.75 Å². The van der Waals surface area contributed by atoms with E-state index in [1.807, 2.05) is 36.4 Å². The van der Waals surface area contributed by atoms with E-state index in [-0.39, 0.29) is 5.54 Å². The Labute approximate surface area is 200 Å². The Kier molecular flexibility index (Phi) is 5.96. The quantitative estimate of drug-likeness (QED) is 0.555. The van der Waals surface area contributed by atoms with Crippen LogP contribution in [0.4, 0.5) is 0 Å². The maximum absolute atomic E-state index is 14.5. The molecule has 1 aliphatic heterocycles. The summed E-state index contributed by atoms with van der Waals surface area (Å²) in [6.07, 6.45) is 6.93. The van der Waals surface area contributed by atoms with Gasteiger partial charge in [-0.05, 0) is 80.5 Å². The van der Waals surface area contributed by atoms with E-state index in [4.69, 9.17) is 23.3 Å². The average molecular weight is 486 g/mol. The summed E-state index contributed by atoms with van der Waals surface area (Å²) in [7, 11) is -3.85. The zero-order valence-electron chi connectivity index (χ0n) is 19.3. The van der Waals surface area contributed by atoms with Gasteiger partial charge in [-0.15, -0.1) is 0 Å². The molecule has 2 aromatic rings. The summed E-state index contributed by atoms with van der Waals surface area (Å²) in [5.41, 5.74) is -0.227. The lowest BCUT2D eigenvalue weighted by molar-refractivity contribution is -0.0109. The van der Waals surface area contributed by atoms with E-state index in [0.29, 0.717) is 67.2 Å². The molecule has 4 aliphatic carbocycles. The van der Waals surface area contributed by atoms with Crippen molar-refractivity contribution >= 4 is 7.75 Å². The van der Waals surface area contributed by atoms with Crippen molar-refractivity contribution in [3.63, 3.8) is 0 Å². The first-order chi connectivity index (χ1) is 16.6. The third-order valence-corrected chi connectivity index (χ3v) is 9.14. The van der Waals surface area contributed by atoms with Crippen molar-refractivity contribution in [2.75, 3.05) is 26.4 Å². The second-order valence-electron chi connectivity index (χ2n) is 10.2. The summed E-state index contributed by atoms with van der Waals surface area (Å²) in [4.78, 5) is 0. The Morgan fingerprint density at radius 1 is 0.676 bits per heavy atom. The van der Waals surface area contributed by atoms with Crippen LogP contribution in [-0.2, 0) is 9.30 Å². The fourth-order valence-corrected chi connectivity index (χ4v) is 8.48. The molecule has 8 heteroatoms. The molecule has 0 aromatic heterocycles. The third kappa shape index (κ3) is 4.66. The SMILES string of the molecule is O=P1(NC23CC4CC(CC(C4)C2)C3)Oc2ccccc2OCCOCCOc2ccccc2O1. The Hall–Kier alpha value is -2.21. The van der Waals surface area contributed by atoms with Gasteiger partial charge in [-0.2, -0.15) is 5.09 Å². The van der Waals surface area contributed by atoms with Crippen molar-refractivity contribution in [2.24, 2.45) is 17.8 Å². The van der Waals surface area contributed by atoms with E-state index in [0.717, 1.165) is 19.3 Å². The predicted octanol–water partition coefficient (Wildman–Crippen LogP) is 5.60.